The Hall–Kier alpha value is -2.24. The molecule has 7 heteroatoms. The highest BCUT2D eigenvalue weighted by molar-refractivity contribution is 6.35. The number of unbranched alkanes of at least 4 members (excludes halogenated alkanes) is 1. The monoisotopic (exact) mass is 450 g/mol. The minimum absolute atomic E-state index is 0.0759. The molecule has 0 bridgehead atoms. The molecule has 2 aromatic carbocycles. The molecule has 0 aliphatic heterocycles. The van der Waals surface area contributed by atoms with Gasteiger partial charge in [-0.05, 0) is 48.7 Å². The zero-order chi connectivity index (χ0) is 22.1. The van der Waals surface area contributed by atoms with E-state index in [0.29, 0.717) is 27.9 Å². The maximum Gasteiger partial charge on any atom is 0.242 e. The molecule has 30 heavy (non-hydrogen) atoms. The third-order valence-corrected chi connectivity index (χ3v) is 5.43. The number of amides is 2. The summed E-state index contributed by atoms with van der Waals surface area (Å²) < 4.78 is 5.28. The molecule has 0 saturated heterocycles. The highest BCUT2D eigenvalue weighted by Gasteiger charge is 2.26. The normalized spacial score (nSPS) is 11.6. The number of halogens is 2. The number of carbonyl (C=O) groups is 2. The third kappa shape index (κ3) is 6.92. The molecule has 5 nitrogen and oxygen atoms in total. The van der Waals surface area contributed by atoms with Gasteiger partial charge in [0.2, 0.25) is 11.8 Å². The van der Waals surface area contributed by atoms with Crippen molar-refractivity contribution < 1.29 is 14.3 Å². The van der Waals surface area contributed by atoms with Crippen LogP contribution >= 0.6 is 23.2 Å². The van der Waals surface area contributed by atoms with Gasteiger partial charge in [-0.3, -0.25) is 9.59 Å². The smallest absolute Gasteiger partial charge is 0.242 e. The Morgan fingerprint density at radius 3 is 2.60 bits per heavy atom. The van der Waals surface area contributed by atoms with E-state index in [0.717, 1.165) is 18.4 Å². The molecule has 0 aromatic heterocycles. The van der Waals surface area contributed by atoms with Gasteiger partial charge < -0.3 is 15.0 Å². The van der Waals surface area contributed by atoms with Crippen LogP contribution in [0, 0.1) is 0 Å². The van der Waals surface area contributed by atoms with E-state index in [1.165, 1.54) is 0 Å². The summed E-state index contributed by atoms with van der Waals surface area (Å²) in [4.78, 5) is 27.4. The number of nitrogens with one attached hydrogen (secondary N) is 1. The summed E-state index contributed by atoms with van der Waals surface area (Å²) in [6.07, 6.45) is 1.95. The van der Waals surface area contributed by atoms with Gasteiger partial charge in [-0.1, -0.05) is 54.7 Å². The summed E-state index contributed by atoms with van der Waals surface area (Å²) in [5, 5.41) is 3.84. The molecule has 1 N–H and O–H groups in total. The van der Waals surface area contributed by atoms with Crippen molar-refractivity contribution in [3.05, 3.63) is 63.6 Å². The average molecular weight is 451 g/mol. The van der Waals surface area contributed by atoms with Crippen LogP contribution in [0.3, 0.4) is 0 Å². The van der Waals surface area contributed by atoms with Crippen LogP contribution in [0.15, 0.2) is 42.5 Å². The van der Waals surface area contributed by atoms with Gasteiger partial charge >= 0.3 is 0 Å². The summed E-state index contributed by atoms with van der Waals surface area (Å²) in [6.45, 7) is 4.67. The van der Waals surface area contributed by atoms with Gasteiger partial charge in [0.05, 0.1) is 13.5 Å². The SMILES string of the molecule is CCCCNC(=O)[C@H](C)N(Cc1cccc(OC)c1)C(=O)Cc1ccc(Cl)cc1Cl. The lowest BCUT2D eigenvalue weighted by molar-refractivity contribution is -0.140. The lowest BCUT2D eigenvalue weighted by atomic mass is 10.1. The van der Waals surface area contributed by atoms with Crippen molar-refractivity contribution in [3.63, 3.8) is 0 Å². The fourth-order valence-corrected chi connectivity index (χ4v) is 3.49. The first kappa shape index (κ1) is 24.0. The summed E-state index contributed by atoms with van der Waals surface area (Å²) in [7, 11) is 1.59. The van der Waals surface area contributed by atoms with Crippen molar-refractivity contribution in [2.45, 2.75) is 45.7 Å². The molecule has 0 unspecified atom stereocenters. The van der Waals surface area contributed by atoms with Gasteiger partial charge in [0.25, 0.3) is 0 Å². The summed E-state index contributed by atoms with van der Waals surface area (Å²) >= 11 is 12.2. The maximum atomic E-state index is 13.2. The van der Waals surface area contributed by atoms with Gasteiger partial charge in [-0.2, -0.15) is 0 Å². The quantitative estimate of drug-likeness (QED) is 0.524. The maximum absolute atomic E-state index is 13.2. The number of rotatable bonds is 10. The van der Waals surface area contributed by atoms with E-state index < -0.39 is 6.04 Å². The second-order valence-electron chi connectivity index (χ2n) is 7.11. The molecule has 2 amide bonds. The van der Waals surface area contributed by atoms with E-state index in [2.05, 4.69) is 12.2 Å². The Labute approximate surface area is 188 Å². The van der Waals surface area contributed by atoms with E-state index in [1.54, 1.807) is 37.1 Å². The molecule has 0 saturated carbocycles. The third-order valence-electron chi connectivity index (χ3n) is 4.84. The van der Waals surface area contributed by atoms with Crippen molar-refractivity contribution >= 4 is 35.0 Å². The predicted molar refractivity (Wildman–Crippen MR) is 121 cm³/mol. The van der Waals surface area contributed by atoms with E-state index in [1.807, 2.05) is 24.3 Å². The molecular formula is C23H28Cl2N2O3. The Morgan fingerprint density at radius 1 is 1.17 bits per heavy atom. The topological polar surface area (TPSA) is 58.6 Å². The fraction of sp³-hybridized carbons (Fsp3) is 0.391. The standard InChI is InChI=1S/C23H28Cl2N2O3/c1-4-5-11-26-23(29)16(2)27(15-17-7-6-8-20(12-17)30-3)22(28)13-18-9-10-19(24)14-21(18)25/h6-10,12,14,16H,4-5,11,13,15H2,1-3H3,(H,26,29)/t16-/m0/s1. The average Bonchev–Trinajstić information content (AvgIpc) is 2.73. The lowest BCUT2D eigenvalue weighted by Gasteiger charge is -2.29. The van der Waals surface area contributed by atoms with Crippen LogP contribution in [-0.2, 0) is 22.6 Å². The molecule has 0 radical (unpaired) electrons. The number of hydrogen-bond acceptors (Lipinski definition) is 3. The zero-order valence-corrected chi connectivity index (χ0v) is 19.1. The highest BCUT2D eigenvalue weighted by atomic mass is 35.5. The minimum atomic E-state index is -0.633. The van der Waals surface area contributed by atoms with E-state index in [-0.39, 0.29) is 24.8 Å². The molecule has 0 aliphatic rings. The van der Waals surface area contributed by atoms with E-state index in [9.17, 15) is 9.59 Å². The largest absolute Gasteiger partial charge is 0.497 e. The molecule has 0 heterocycles. The number of ether oxygens (including phenoxy) is 1. The van der Waals surface area contributed by atoms with E-state index >= 15 is 0 Å². The first-order valence-corrected chi connectivity index (χ1v) is 10.7. The predicted octanol–water partition coefficient (Wildman–Crippen LogP) is 4.88. The Balaban J connectivity index is 2.24. The summed E-state index contributed by atoms with van der Waals surface area (Å²) in [5.74, 6) is 0.322. The Bertz CT molecular complexity index is 873. The molecule has 2 rings (SSSR count). The van der Waals surface area contributed by atoms with Gasteiger partial charge in [0, 0.05) is 23.1 Å². The highest BCUT2D eigenvalue weighted by Crippen LogP contribution is 2.23. The van der Waals surface area contributed by atoms with Crippen molar-refractivity contribution in [3.8, 4) is 5.75 Å². The van der Waals surface area contributed by atoms with Crippen LogP contribution in [0.2, 0.25) is 10.0 Å². The first-order valence-electron chi connectivity index (χ1n) is 9.99. The zero-order valence-electron chi connectivity index (χ0n) is 17.6. The van der Waals surface area contributed by atoms with Crippen LogP contribution in [0.5, 0.6) is 5.75 Å². The molecule has 0 fully saturated rings. The molecule has 1 atom stereocenters. The van der Waals surface area contributed by atoms with Crippen LogP contribution in [0.4, 0.5) is 0 Å². The molecular weight excluding hydrogens is 423 g/mol. The number of benzene rings is 2. The number of hydrogen-bond donors (Lipinski definition) is 1. The van der Waals surface area contributed by atoms with Crippen LogP contribution < -0.4 is 10.1 Å². The molecule has 162 valence electrons. The minimum Gasteiger partial charge on any atom is -0.497 e. The molecule has 0 spiro atoms. The van der Waals surface area contributed by atoms with E-state index in [4.69, 9.17) is 27.9 Å². The van der Waals surface area contributed by atoms with Crippen molar-refractivity contribution in [1.29, 1.82) is 0 Å². The number of carbonyl (C=O) groups excluding carboxylic acids is 2. The second kappa shape index (κ2) is 11.8. The van der Waals surface area contributed by atoms with Gasteiger partial charge in [-0.25, -0.2) is 0 Å². The van der Waals surface area contributed by atoms with Crippen LogP contribution in [0.1, 0.15) is 37.8 Å². The van der Waals surface area contributed by atoms with Crippen LogP contribution in [0.25, 0.3) is 0 Å². The lowest BCUT2D eigenvalue weighted by Crippen LogP contribution is -2.48. The summed E-state index contributed by atoms with van der Waals surface area (Å²) in [5.41, 5.74) is 1.54. The molecule has 0 aliphatic carbocycles. The van der Waals surface area contributed by atoms with Crippen molar-refractivity contribution in [1.82, 2.24) is 10.2 Å². The Morgan fingerprint density at radius 2 is 1.93 bits per heavy atom. The Kier molecular flexibility index (Phi) is 9.47. The van der Waals surface area contributed by atoms with Crippen molar-refractivity contribution in [2.75, 3.05) is 13.7 Å². The second-order valence-corrected chi connectivity index (χ2v) is 7.95. The molecule has 2 aromatic rings. The van der Waals surface area contributed by atoms with Gasteiger partial charge in [0.15, 0.2) is 0 Å². The number of nitrogens with zero attached hydrogens (tertiary/aromatic N) is 1. The summed E-state index contributed by atoms with van der Waals surface area (Å²) in [6, 6.07) is 11.9. The van der Waals surface area contributed by atoms with Crippen LogP contribution in [-0.4, -0.2) is 36.4 Å². The fourth-order valence-electron chi connectivity index (χ4n) is 3.02. The van der Waals surface area contributed by atoms with Gasteiger partial charge in [-0.15, -0.1) is 0 Å². The number of methoxy groups -OCH3 is 1. The van der Waals surface area contributed by atoms with Gasteiger partial charge in [0.1, 0.15) is 11.8 Å². The van der Waals surface area contributed by atoms with Crippen molar-refractivity contribution in [2.24, 2.45) is 0 Å². The first-order chi connectivity index (χ1) is 14.3.